The van der Waals surface area contributed by atoms with Crippen LogP contribution in [0.4, 0.5) is 0 Å². The molecule has 1 rings (SSSR count). The summed E-state index contributed by atoms with van der Waals surface area (Å²) in [7, 11) is 5.58. The van der Waals surface area contributed by atoms with Gasteiger partial charge >= 0.3 is 0 Å². The predicted molar refractivity (Wildman–Crippen MR) is 75.7 cm³/mol. The van der Waals surface area contributed by atoms with Gasteiger partial charge < -0.3 is 4.48 Å². The van der Waals surface area contributed by atoms with Gasteiger partial charge in [0.1, 0.15) is 0 Å². The third-order valence-electron chi connectivity index (χ3n) is 2.39. The van der Waals surface area contributed by atoms with Crippen LogP contribution in [-0.2, 0) is 0 Å². The standard InChI is InChI=1S/C14H25NP/c1-14(2,3)11-15(4,5)12-16-13-9-7-6-8-10-13/h6-10,16H,11-12H2,1-5H3/q+1. The maximum absolute atomic E-state index is 2.33. The first-order valence-electron chi connectivity index (χ1n) is 5.89. The van der Waals surface area contributed by atoms with E-state index in [1.807, 2.05) is 0 Å². The maximum atomic E-state index is 2.33. The molecule has 0 saturated heterocycles. The van der Waals surface area contributed by atoms with E-state index in [4.69, 9.17) is 0 Å². The Kier molecular flexibility index (Phi) is 4.52. The van der Waals surface area contributed by atoms with Crippen LogP contribution in [0.1, 0.15) is 20.8 Å². The third kappa shape index (κ3) is 5.63. The molecule has 1 nitrogen and oxygen atoms in total. The number of benzene rings is 1. The van der Waals surface area contributed by atoms with Crippen LogP contribution in [-0.4, -0.2) is 31.4 Å². The van der Waals surface area contributed by atoms with Gasteiger partial charge in [-0.15, -0.1) is 0 Å². The number of rotatable bonds is 4. The van der Waals surface area contributed by atoms with Crippen LogP contribution in [0, 0.1) is 5.41 Å². The molecule has 0 amide bonds. The molecule has 2 heteroatoms. The second kappa shape index (κ2) is 5.29. The minimum Gasteiger partial charge on any atom is -0.325 e. The molecule has 1 unspecified atom stereocenters. The summed E-state index contributed by atoms with van der Waals surface area (Å²) in [5.41, 5.74) is 0.407. The van der Waals surface area contributed by atoms with Crippen LogP contribution >= 0.6 is 8.58 Å². The lowest BCUT2D eigenvalue weighted by atomic mass is 9.96. The third-order valence-corrected chi connectivity index (χ3v) is 4.14. The van der Waals surface area contributed by atoms with Gasteiger partial charge in [-0.25, -0.2) is 0 Å². The zero-order valence-corrected chi connectivity index (χ0v) is 12.2. The molecule has 0 radical (unpaired) electrons. The molecule has 0 spiro atoms. The second-order valence-electron chi connectivity index (χ2n) is 6.36. The lowest BCUT2D eigenvalue weighted by Gasteiger charge is -2.35. The van der Waals surface area contributed by atoms with E-state index in [2.05, 4.69) is 65.2 Å². The Labute approximate surface area is 102 Å². The first-order valence-corrected chi connectivity index (χ1v) is 7.10. The molecule has 0 bridgehead atoms. The van der Waals surface area contributed by atoms with Crippen LogP contribution in [0.3, 0.4) is 0 Å². The monoisotopic (exact) mass is 238 g/mol. The largest absolute Gasteiger partial charge is 0.325 e. The average molecular weight is 238 g/mol. The summed E-state index contributed by atoms with van der Waals surface area (Å²) < 4.78 is 1.11. The molecular weight excluding hydrogens is 213 g/mol. The van der Waals surface area contributed by atoms with Crippen LogP contribution in [0.15, 0.2) is 30.3 Å². The highest BCUT2D eigenvalue weighted by Crippen LogP contribution is 2.22. The second-order valence-corrected chi connectivity index (χ2v) is 7.60. The van der Waals surface area contributed by atoms with Gasteiger partial charge in [0.25, 0.3) is 0 Å². The molecule has 0 aliphatic rings. The van der Waals surface area contributed by atoms with Gasteiger partial charge in [-0.05, 0) is 13.9 Å². The van der Waals surface area contributed by atoms with Gasteiger partial charge in [0.2, 0.25) is 0 Å². The molecule has 0 saturated carbocycles. The molecule has 16 heavy (non-hydrogen) atoms. The van der Waals surface area contributed by atoms with Crippen molar-refractivity contribution < 1.29 is 4.48 Å². The van der Waals surface area contributed by atoms with Crippen molar-refractivity contribution in [3.63, 3.8) is 0 Å². The molecule has 1 aromatic carbocycles. The van der Waals surface area contributed by atoms with Crippen LogP contribution in [0.5, 0.6) is 0 Å². The van der Waals surface area contributed by atoms with E-state index in [1.165, 1.54) is 18.1 Å². The van der Waals surface area contributed by atoms with Gasteiger partial charge in [0.15, 0.2) is 0 Å². The minimum absolute atomic E-state index is 0.407. The summed E-state index contributed by atoms with van der Waals surface area (Å²) in [6.45, 7) is 8.18. The van der Waals surface area contributed by atoms with Crippen LogP contribution in [0.2, 0.25) is 0 Å². The summed E-state index contributed by atoms with van der Waals surface area (Å²) >= 11 is 0. The highest BCUT2D eigenvalue weighted by Gasteiger charge is 2.24. The van der Waals surface area contributed by atoms with Crippen LogP contribution < -0.4 is 5.30 Å². The summed E-state index contributed by atoms with van der Waals surface area (Å²) in [5, 5.41) is 1.47. The molecule has 0 aliphatic carbocycles. The van der Waals surface area contributed by atoms with E-state index in [1.54, 1.807) is 0 Å². The van der Waals surface area contributed by atoms with E-state index >= 15 is 0 Å². The zero-order chi connectivity index (χ0) is 12.2. The molecule has 90 valence electrons. The number of hydrogen-bond acceptors (Lipinski definition) is 0. The lowest BCUT2D eigenvalue weighted by Crippen LogP contribution is -2.45. The highest BCUT2D eigenvalue weighted by molar-refractivity contribution is 7.46. The Hall–Kier alpha value is -0.390. The first-order chi connectivity index (χ1) is 7.29. The summed E-state index contributed by atoms with van der Waals surface area (Å²) in [4.78, 5) is 0. The van der Waals surface area contributed by atoms with Gasteiger partial charge in [0, 0.05) is 5.41 Å². The number of hydrogen-bond donors (Lipinski definition) is 0. The summed E-state index contributed by atoms with van der Waals surface area (Å²) in [6.07, 6.45) is 1.24. The maximum Gasteiger partial charge on any atom is 0.0974 e. The summed E-state index contributed by atoms with van der Waals surface area (Å²) in [5.74, 6) is 0. The molecule has 0 aliphatic heterocycles. The fourth-order valence-corrected chi connectivity index (χ4v) is 3.35. The SMILES string of the molecule is CC(C)(C)C[N+](C)(C)CPc1ccccc1. The van der Waals surface area contributed by atoms with E-state index in [9.17, 15) is 0 Å². The van der Waals surface area contributed by atoms with E-state index in [-0.39, 0.29) is 0 Å². The van der Waals surface area contributed by atoms with Crippen molar-refractivity contribution >= 4 is 13.9 Å². The van der Waals surface area contributed by atoms with Crippen molar-refractivity contribution in [1.82, 2.24) is 0 Å². The highest BCUT2D eigenvalue weighted by atomic mass is 31.1. The molecule has 0 fully saturated rings. The number of quaternary nitrogens is 1. The number of nitrogens with zero attached hydrogens (tertiary/aromatic N) is 1. The minimum atomic E-state index is 0.407. The zero-order valence-electron chi connectivity index (χ0n) is 11.2. The Morgan fingerprint density at radius 3 is 2.12 bits per heavy atom. The molecular formula is C14H25NP+. The molecule has 1 atom stereocenters. The van der Waals surface area contributed by atoms with Crippen molar-refractivity contribution in [1.29, 1.82) is 0 Å². The fourth-order valence-electron chi connectivity index (χ4n) is 2.20. The van der Waals surface area contributed by atoms with E-state index in [0.717, 1.165) is 13.1 Å². The van der Waals surface area contributed by atoms with E-state index in [0.29, 0.717) is 5.41 Å². The Balaban J connectivity index is 2.48. The van der Waals surface area contributed by atoms with Crippen molar-refractivity contribution in [3.8, 4) is 0 Å². The van der Waals surface area contributed by atoms with Gasteiger partial charge in [-0.2, -0.15) is 0 Å². The Morgan fingerprint density at radius 2 is 1.62 bits per heavy atom. The van der Waals surface area contributed by atoms with Gasteiger partial charge in [-0.1, -0.05) is 51.1 Å². The van der Waals surface area contributed by atoms with E-state index < -0.39 is 0 Å². The molecule has 0 heterocycles. The fraction of sp³-hybridized carbons (Fsp3) is 0.571. The summed E-state index contributed by atoms with van der Waals surface area (Å²) in [6, 6.07) is 10.8. The smallest absolute Gasteiger partial charge is 0.0974 e. The normalized spacial score (nSPS) is 13.6. The molecule has 0 N–H and O–H groups in total. The average Bonchev–Trinajstić information content (AvgIpc) is 2.13. The Morgan fingerprint density at radius 1 is 1.06 bits per heavy atom. The van der Waals surface area contributed by atoms with Crippen molar-refractivity contribution in [2.75, 3.05) is 26.9 Å². The van der Waals surface area contributed by atoms with Crippen molar-refractivity contribution in [2.24, 2.45) is 5.41 Å². The first kappa shape index (κ1) is 13.7. The van der Waals surface area contributed by atoms with Crippen LogP contribution in [0.25, 0.3) is 0 Å². The van der Waals surface area contributed by atoms with Gasteiger partial charge in [-0.3, -0.25) is 0 Å². The van der Waals surface area contributed by atoms with Gasteiger partial charge in [0.05, 0.1) is 26.9 Å². The molecule has 0 aromatic heterocycles. The van der Waals surface area contributed by atoms with Crippen molar-refractivity contribution in [2.45, 2.75) is 20.8 Å². The lowest BCUT2D eigenvalue weighted by molar-refractivity contribution is -0.884. The quantitative estimate of drug-likeness (QED) is 0.558. The van der Waals surface area contributed by atoms with Crippen molar-refractivity contribution in [3.05, 3.63) is 30.3 Å². The topological polar surface area (TPSA) is 0 Å². The Bertz CT molecular complexity index is 311. The molecule has 1 aromatic rings. The predicted octanol–water partition coefficient (Wildman–Crippen LogP) is 3.07.